The van der Waals surface area contributed by atoms with Gasteiger partial charge in [0.1, 0.15) is 0 Å². The minimum Gasteiger partial charge on any atom is -0.330 e. The Morgan fingerprint density at radius 2 is 1.94 bits per heavy atom. The normalized spacial score (nSPS) is 16.2. The fraction of sp³-hybridized carbons (Fsp3) is 0.318. The molecule has 3 heterocycles. The Kier molecular flexibility index (Phi) is 5.99. The van der Waals surface area contributed by atoms with Gasteiger partial charge in [-0.15, -0.1) is 0 Å². The number of rotatable bonds is 4. The first-order valence-corrected chi connectivity index (χ1v) is 10.5. The minimum absolute atomic E-state index is 0.136. The van der Waals surface area contributed by atoms with Crippen molar-refractivity contribution in [1.29, 1.82) is 0 Å². The first-order chi connectivity index (χ1) is 14.9. The molecule has 1 fully saturated rings. The van der Waals surface area contributed by atoms with Gasteiger partial charge >= 0.3 is 0 Å². The largest absolute Gasteiger partial charge is 0.330 e. The lowest BCUT2D eigenvalue weighted by molar-refractivity contribution is 0.0582. The van der Waals surface area contributed by atoms with Gasteiger partial charge in [-0.1, -0.05) is 11.6 Å². The highest BCUT2D eigenvalue weighted by Gasteiger charge is 2.32. The Morgan fingerprint density at radius 3 is 2.61 bits per heavy atom. The highest BCUT2D eigenvalue weighted by molar-refractivity contribution is 6.30. The number of anilines is 1. The van der Waals surface area contributed by atoms with E-state index in [1.54, 1.807) is 60.1 Å². The summed E-state index contributed by atoms with van der Waals surface area (Å²) in [7, 11) is 1.80. The molecule has 9 heteroatoms. The average Bonchev–Trinajstić information content (AvgIpc) is 3.20. The number of piperidine rings is 1. The molecule has 31 heavy (non-hydrogen) atoms. The first kappa shape index (κ1) is 21.0. The van der Waals surface area contributed by atoms with Crippen molar-refractivity contribution in [1.82, 2.24) is 24.4 Å². The predicted octanol–water partition coefficient (Wildman–Crippen LogP) is 3.79. The number of hydrogen-bond acceptors (Lipinski definition) is 5. The molecule has 3 aromatic rings. The summed E-state index contributed by atoms with van der Waals surface area (Å²) in [5.74, 6) is 0.504. The van der Waals surface area contributed by atoms with Crippen LogP contribution in [0, 0.1) is 6.92 Å². The van der Waals surface area contributed by atoms with E-state index in [1.165, 1.54) is 6.20 Å². The van der Waals surface area contributed by atoms with Crippen molar-refractivity contribution in [2.45, 2.75) is 32.2 Å². The molecular formula is C22H23ClN6O2. The number of amides is 2. The zero-order valence-corrected chi connectivity index (χ0v) is 18.1. The summed E-state index contributed by atoms with van der Waals surface area (Å²) < 4.78 is 1.71. The Labute approximate surface area is 185 Å². The number of nitrogens with zero attached hydrogens (tertiary/aromatic N) is 5. The van der Waals surface area contributed by atoms with Gasteiger partial charge in [0.15, 0.2) is 11.6 Å². The lowest BCUT2D eigenvalue weighted by Crippen LogP contribution is -2.40. The van der Waals surface area contributed by atoms with E-state index in [1.807, 2.05) is 0 Å². The highest BCUT2D eigenvalue weighted by Crippen LogP contribution is 2.30. The predicted molar refractivity (Wildman–Crippen MR) is 117 cm³/mol. The third-order valence-electron chi connectivity index (χ3n) is 5.42. The van der Waals surface area contributed by atoms with Gasteiger partial charge in [-0.25, -0.2) is 15.0 Å². The number of hydrogen-bond donors (Lipinski definition) is 1. The first-order valence-electron chi connectivity index (χ1n) is 10.1. The summed E-state index contributed by atoms with van der Waals surface area (Å²) in [6, 6.07) is 6.63. The molecule has 1 saturated heterocycles. The molecular weight excluding hydrogens is 416 g/mol. The van der Waals surface area contributed by atoms with Gasteiger partial charge in [0.05, 0.1) is 17.3 Å². The smallest absolute Gasteiger partial charge is 0.290 e. The second kappa shape index (κ2) is 8.85. The molecule has 1 N–H and O–H groups in total. The number of imidazole rings is 1. The molecule has 1 aliphatic heterocycles. The Balaban J connectivity index is 1.55. The van der Waals surface area contributed by atoms with Gasteiger partial charge in [0.2, 0.25) is 0 Å². The zero-order chi connectivity index (χ0) is 22.0. The van der Waals surface area contributed by atoms with Gasteiger partial charge in [-0.3, -0.25) is 9.59 Å². The molecule has 0 bridgehead atoms. The van der Waals surface area contributed by atoms with E-state index in [9.17, 15) is 9.59 Å². The SMILES string of the molecule is Cc1nc([C@@H]2CCCCN2C(=O)c2nccn2C)ncc1C(=O)Nc1ccc(Cl)cc1. The summed E-state index contributed by atoms with van der Waals surface area (Å²) in [5.41, 5.74) is 1.58. The summed E-state index contributed by atoms with van der Waals surface area (Å²) in [5, 5.41) is 3.42. The van der Waals surface area contributed by atoms with E-state index < -0.39 is 0 Å². The lowest BCUT2D eigenvalue weighted by atomic mass is 10.0. The van der Waals surface area contributed by atoms with Crippen molar-refractivity contribution in [3.8, 4) is 0 Å². The second-order valence-electron chi connectivity index (χ2n) is 7.56. The number of aryl methyl sites for hydroxylation is 2. The van der Waals surface area contributed by atoms with Gasteiger partial charge in [0.25, 0.3) is 11.8 Å². The third kappa shape index (κ3) is 4.44. The fourth-order valence-electron chi connectivity index (χ4n) is 3.74. The van der Waals surface area contributed by atoms with Crippen molar-refractivity contribution in [2.24, 2.45) is 7.05 Å². The van der Waals surface area contributed by atoms with Crippen LogP contribution in [0.3, 0.4) is 0 Å². The van der Waals surface area contributed by atoms with Crippen LogP contribution in [0.5, 0.6) is 0 Å². The van der Waals surface area contributed by atoms with Crippen LogP contribution in [0.15, 0.2) is 42.9 Å². The maximum Gasteiger partial charge on any atom is 0.290 e. The summed E-state index contributed by atoms with van der Waals surface area (Å²) in [4.78, 5) is 40.8. The standard InChI is InChI=1S/C22H23ClN6O2/c1-14-17(21(30)27-16-8-6-15(23)7-9-16)13-25-19(26-14)18-5-3-4-11-29(18)22(31)20-24-10-12-28(20)2/h6-10,12-13,18H,3-5,11H2,1-2H3,(H,27,30)/t18-/m0/s1. The Hall–Kier alpha value is -3.26. The van der Waals surface area contributed by atoms with Gasteiger partial charge in [-0.05, 0) is 50.5 Å². The molecule has 1 aliphatic rings. The lowest BCUT2D eigenvalue weighted by Gasteiger charge is -2.34. The van der Waals surface area contributed by atoms with Crippen LogP contribution in [0.4, 0.5) is 5.69 Å². The van der Waals surface area contributed by atoms with Gasteiger partial charge in [-0.2, -0.15) is 0 Å². The third-order valence-corrected chi connectivity index (χ3v) is 5.67. The van der Waals surface area contributed by atoms with Crippen LogP contribution >= 0.6 is 11.6 Å². The molecule has 2 aromatic heterocycles. The summed E-state index contributed by atoms with van der Waals surface area (Å²) in [6.07, 6.45) is 7.57. The molecule has 0 aliphatic carbocycles. The van der Waals surface area contributed by atoms with Crippen LogP contribution in [-0.2, 0) is 7.05 Å². The zero-order valence-electron chi connectivity index (χ0n) is 17.4. The molecule has 1 atom stereocenters. The van der Waals surface area contributed by atoms with E-state index in [0.29, 0.717) is 40.2 Å². The van der Waals surface area contributed by atoms with Crippen molar-refractivity contribution in [3.63, 3.8) is 0 Å². The fourth-order valence-corrected chi connectivity index (χ4v) is 3.87. The van der Waals surface area contributed by atoms with Crippen LogP contribution < -0.4 is 5.32 Å². The van der Waals surface area contributed by atoms with E-state index >= 15 is 0 Å². The number of benzene rings is 1. The van der Waals surface area contributed by atoms with E-state index in [-0.39, 0.29) is 17.9 Å². The molecule has 0 saturated carbocycles. The van der Waals surface area contributed by atoms with E-state index in [2.05, 4.69) is 20.3 Å². The second-order valence-corrected chi connectivity index (χ2v) is 8.00. The monoisotopic (exact) mass is 438 g/mol. The van der Waals surface area contributed by atoms with Crippen molar-refractivity contribution in [2.75, 3.05) is 11.9 Å². The maximum atomic E-state index is 13.1. The average molecular weight is 439 g/mol. The van der Waals surface area contributed by atoms with Crippen LogP contribution in [-0.4, -0.2) is 42.8 Å². The molecule has 0 unspecified atom stereocenters. The van der Waals surface area contributed by atoms with E-state index in [0.717, 1.165) is 19.3 Å². The quantitative estimate of drug-likeness (QED) is 0.668. The topological polar surface area (TPSA) is 93.0 Å². The summed E-state index contributed by atoms with van der Waals surface area (Å²) in [6.45, 7) is 2.40. The molecule has 0 radical (unpaired) electrons. The Morgan fingerprint density at radius 1 is 1.16 bits per heavy atom. The van der Waals surface area contributed by atoms with Crippen LogP contribution in [0.2, 0.25) is 5.02 Å². The number of carbonyl (C=O) groups is 2. The number of nitrogens with one attached hydrogen (secondary N) is 1. The van der Waals surface area contributed by atoms with Crippen LogP contribution in [0.1, 0.15) is 57.8 Å². The molecule has 4 rings (SSSR count). The van der Waals surface area contributed by atoms with Crippen LogP contribution in [0.25, 0.3) is 0 Å². The molecule has 8 nitrogen and oxygen atoms in total. The van der Waals surface area contributed by atoms with Crippen molar-refractivity contribution < 1.29 is 9.59 Å². The highest BCUT2D eigenvalue weighted by atomic mass is 35.5. The molecule has 1 aromatic carbocycles. The summed E-state index contributed by atoms with van der Waals surface area (Å²) >= 11 is 5.89. The van der Waals surface area contributed by atoms with E-state index in [4.69, 9.17) is 11.6 Å². The van der Waals surface area contributed by atoms with Crippen molar-refractivity contribution >= 4 is 29.1 Å². The molecule has 160 valence electrons. The molecule has 2 amide bonds. The molecule has 0 spiro atoms. The van der Waals surface area contributed by atoms with Crippen molar-refractivity contribution in [3.05, 3.63) is 70.8 Å². The number of likely N-dealkylation sites (tertiary alicyclic amines) is 1. The Bertz CT molecular complexity index is 1110. The number of halogens is 1. The minimum atomic E-state index is -0.295. The van der Waals surface area contributed by atoms with Gasteiger partial charge in [0, 0.05) is 42.9 Å². The van der Waals surface area contributed by atoms with Gasteiger partial charge < -0.3 is 14.8 Å². The number of carbonyl (C=O) groups excluding carboxylic acids is 2. The maximum absolute atomic E-state index is 13.1. The number of aromatic nitrogens is 4.